The third-order valence-electron chi connectivity index (χ3n) is 3.93. The zero-order valence-corrected chi connectivity index (χ0v) is 11.7. The highest BCUT2D eigenvalue weighted by molar-refractivity contribution is 5.85. The van der Waals surface area contributed by atoms with Crippen LogP contribution in [-0.4, -0.2) is 25.0 Å². The second-order valence-electron chi connectivity index (χ2n) is 5.53. The summed E-state index contributed by atoms with van der Waals surface area (Å²) in [5.74, 6) is -0.367. The van der Waals surface area contributed by atoms with Crippen LogP contribution >= 0.6 is 0 Å². The Labute approximate surface area is 121 Å². The first-order valence-corrected chi connectivity index (χ1v) is 7.01. The minimum Gasteiger partial charge on any atom is -0.494 e. The van der Waals surface area contributed by atoms with Crippen LogP contribution in [0.3, 0.4) is 0 Å². The minimum absolute atomic E-state index is 0.00410. The fraction of sp³-hybridized carbons (Fsp3) is 0.467. The standard InChI is InChI=1S/C15H17FN2O3/c1-21-12-6-9(4-5-10(12)16)14-11(7-13(19)18-14)17-15(20)8-2-3-8/h4-6,8,11,14H,2-3,7H2,1H3,(H,17,20)(H,18,19). The number of hydrogen-bond donors (Lipinski definition) is 2. The van der Waals surface area contributed by atoms with E-state index in [1.807, 2.05) is 0 Å². The van der Waals surface area contributed by atoms with E-state index in [2.05, 4.69) is 10.6 Å². The first-order valence-electron chi connectivity index (χ1n) is 7.01. The quantitative estimate of drug-likeness (QED) is 0.878. The largest absolute Gasteiger partial charge is 0.494 e. The Morgan fingerprint density at radius 1 is 1.43 bits per heavy atom. The van der Waals surface area contributed by atoms with Crippen LogP contribution in [0.4, 0.5) is 4.39 Å². The van der Waals surface area contributed by atoms with Crippen molar-refractivity contribution in [2.24, 2.45) is 5.92 Å². The summed E-state index contributed by atoms with van der Waals surface area (Å²) in [5, 5.41) is 5.74. The van der Waals surface area contributed by atoms with Crippen molar-refractivity contribution >= 4 is 11.8 Å². The smallest absolute Gasteiger partial charge is 0.223 e. The van der Waals surface area contributed by atoms with Crippen molar-refractivity contribution in [2.75, 3.05) is 7.11 Å². The van der Waals surface area contributed by atoms with Gasteiger partial charge in [0, 0.05) is 12.3 Å². The van der Waals surface area contributed by atoms with E-state index in [1.54, 1.807) is 12.1 Å². The number of benzene rings is 1. The Hall–Kier alpha value is -2.11. The van der Waals surface area contributed by atoms with E-state index in [0.29, 0.717) is 0 Å². The van der Waals surface area contributed by atoms with E-state index >= 15 is 0 Å². The second kappa shape index (κ2) is 5.35. The summed E-state index contributed by atoms with van der Waals surface area (Å²) in [6, 6.07) is 3.81. The monoisotopic (exact) mass is 292 g/mol. The Kier molecular flexibility index (Phi) is 3.53. The van der Waals surface area contributed by atoms with Crippen molar-refractivity contribution < 1.29 is 18.7 Å². The molecule has 1 aliphatic heterocycles. The number of nitrogens with one attached hydrogen (secondary N) is 2. The van der Waals surface area contributed by atoms with Gasteiger partial charge in [-0.25, -0.2) is 4.39 Å². The lowest BCUT2D eigenvalue weighted by Crippen LogP contribution is -2.39. The van der Waals surface area contributed by atoms with Crippen molar-refractivity contribution in [1.29, 1.82) is 0 Å². The predicted molar refractivity (Wildman–Crippen MR) is 73.1 cm³/mol. The number of halogens is 1. The minimum atomic E-state index is -0.455. The van der Waals surface area contributed by atoms with Gasteiger partial charge >= 0.3 is 0 Å². The van der Waals surface area contributed by atoms with Crippen molar-refractivity contribution in [3.8, 4) is 5.75 Å². The number of carbonyl (C=O) groups excluding carboxylic acids is 2. The Bertz CT molecular complexity index is 586. The molecule has 21 heavy (non-hydrogen) atoms. The van der Waals surface area contributed by atoms with Crippen LogP contribution in [0.2, 0.25) is 0 Å². The number of methoxy groups -OCH3 is 1. The molecular formula is C15H17FN2O3. The summed E-state index contributed by atoms with van der Waals surface area (Å²) in [5.41, 5.74) is 0.722. The van der Waals surface area contributed by atoms with E-state index in [9.17, 15) is 14.0 Å². The molecule has 2 unspecified atom stereocenters. The number of hydrogen-bond acceptors (Lipinski definition) is 3. The van der Waals surface area contributed by atoms with Crippen LogP contribution in [0.5, 0.6) is 5.75 Å². The Morgan fingerprint density at radius 2 is 2.19 bits per heavy atom. The van der Waals surface area contributed by atoms with Crippen LogP contribution in [0.25, 0.3) is 0 Å². The Morgan fingerprint density at radius 3 is 2.86 bits per heavy atom. The fourth-order valence-corrected chi connectivity index (χ4v) is 2.62. The van der Waals surface area contributed by atoms with Gasteiger partial charge in [0.25, 0.3) is 0 Å². The molecule has 2 fully saturated rings. The fourth-order valence-electron chi connectivity index (χ4n) is 2.62. The van der Waals surface area contributed by atoms with Gasteiger partial charge in [-0.3, -0.25) is 9.59 Å². The topological polar surface area (TPSA) is 67.4 Å². The van der Waals surface area contributed by atoms with Gasteiger partial charge in [0.1, 0.15) is 0 Å². The van der Waals surface area contributed by atoms with Crippen molar-refractivity contribution in [3.63, 3.8) is 0 Å². The van der Waals surface area contributed by atoms with Gasteiger partial charge in [-0.1, -0.05) is 6.07 Å². The zero-order chi connectivity index (χ0) is 15.0. The molecule has 2 atom stereocenters. The number of carbonyl (C=O) groups is 2. The molecular weight excluding hydrogens is 275 g/mol. The highest BCUT2D eigenvalue weighted by atomic mass is 19.1. The molecule has 112 valence electrons. The SMILES string of the molecule is COc1cc(C2NC(=O)CC2NC(=O)C2CC2)ccc1F. The molecule has 0 radical (unpaired) electrons. The summed E-state index contributed by atoms with van der Waals surface area (Å²) in [6.07, 6.45) is 2.06. The molecule has 1 saturated carbocycles. The molecule has 1 aromatic rings. The summed E-state index contributed by atoms with van der Waals surface area (Å²) < 4.78 is 18.4. The molecule has 1 saturated heterocycles. The second-order valence-corrected chi connectivity index (χ2v) is 5.53. The molecule has 1 aliphatic carbocycles. The van der Waals surface area contributed by atoms with Crippen LogP contribution < -0.4 is 15.4 Å². The number of amides is 2. The van der Waals surface area contributed by atoms with Crippen LogP contribution in [0.15, 0.2) is 18.2 Å². The van der Waals surface area contributed by atoms with Crippen LogP contribution in [0.1, 0.15) is 30.9 Å². The van der Waals surface area contributed by atoms with Crippen LogP contribution in [0, 0.1) is 11.7 Å². The van der Waals surface area contributed by atoms with E-state index in [-0.39, 0.29) is 42.0 Å². The third kappa shape index (κ3) is 2.84. The summed E-state index contributed by atoms with van der Waals surface area (Å²) in [4.78, 5) is 23.5. The van der Waals surface area contributed by atoms with Gasteiger partial charge in [0.2, 0.25) is 11.8 Å². The first kappa shape index (κ1) is 13.9. The maximum atomic E-state index is 13.5. The normalized spacial score (nSPS) is 24.6. The molecule has 6 heteroatoms. The summed E-state index contributed by atoms with van der Waals surface area (Å²) in [6.45, 7) is 0. The lowest BCUT2D eigenvalue weighted by molar-refractivity contribution is -0.123. The zero-order valence-electron chi connectivity index (χ0n) is 11.7. The molecule has 0 bridgehead atoms. The molecule has 2 N–H and O–H groups in total. The van der Waals surface area contributed by atoms with E-state index < -0.39 is 5.82 Å². The van der Waals surface area contributed by atoms with Crippen molar-refractivity contribution in [2.45, 2.75) is 31.3 Å². The predicted octanol–water partition coefficient (Wildman–Crippen LogP) is 1.29. The Balaban J connectivity index is 1.80. The molecule has 0 spiro atoms. The number of ether oxygens (including phenoxy) is 1. The molecule has 0 aromatic heterocycles. The molecule has 1 heterocycles. The molecule has 5 nitrogen and oxygen atoms in total. The van der Waals surface area contributed by atoms with Gasteiger partial charge in [-0.15, -0.1) is 0 Å². The molecule has 3 rings (SSSR count). The third-order valence-corrected chi connectivity index (χ3v) is 3.93. The lowest BCUT2D eigenvalue weighted by Gasteiger charge is -2.21. The van der Waals surface area contributed by atoms with Crippen molar-refractivity contribution in [1.82, 2.24) is 10.6 Å². The maximum Gasteiger partial charge on any atom is 0.223 e. The molecule has 2 aliphatic rings. The highest BCUT2D eigenvalue weighted by Crippen LogP contribution is 2.32. The maximum absolute atomic E-state index is 13.5. The summed E-state index contributed by atoms with van der Waals surface area (Å²) >= 11 is 0. The number of rotatable bonds is 4. The first-order chi connectivity index (χ1) is 10.1. The molecule has 2 amide bonds. The average molecular weight is 292 g/mol. The summed E-state index contributed by atoms with van der Waals surface area (Å²) in [7, 11) is 1.39. The van der Waals surface area contributed by atoms with Gasteiger partial charge in [-0.05, 0) is 30.5 Å². The van der Waals surface area contributed by atoms with Crippen LogP contribution in [-0.2, 0) is 9.59 Å². The molecule has 1 aromatic carbocycles. The van der Waals surface area contributed by atoms with E-state index in [4.69, 9.17) is 4.74 Å². The van der Waals surface area contributed by atoms with E-state index in [0.717, 1.165) is 18.4 Å². The average Bonchev–Trinajstić information content (AvgIpc) is 3.24. The van der Waals surface area contributed by atoms with Gasteiger partial charge in [-0.2, -0.15) is 0 Å². The van der Waals surface area contributed by atoms with E-state index in [1.165, 1.54) is 13.2 Å². The van der Waals surface area contributed by atoms with Gasteiger partial charge in [0.05, 0.1) is 19.2 Å². The van der Waals surface area contributed by atoms with Gasteiger partial charge < -0.3 is 15.4 Å². The highest BCUT2D eigenvalue weighted by Gasteiger charge is 2.38. The van der Waals surface area contributed by atoms with Gasteiger partial charge in [0.15, 0.2) is 11.6 Å². The van der Waals surface area contributed by atoms with Crippen molar-refractivity contribution in [3.05, 3.63) is 29.6 Å². The lowest BCUT2D eigenvalue weighted by atomic mass is 10.00.